The molecule has 4 saturated heterocycles. The molecule has 3 unspecified atom stereocenters. The van der Waals surface area contributed by atoms with Gasteiger partial charge < -0.3 is 19.1 Å². The maximum atomic E-state index is 12.8. The molecular formula is C20H31N3O5. The fraction of sp³-hybridized carbons (Fsp3) is 0.900. The van der Waals surface area contributed by atoms with E-state index in [9.17, 15) is 9.59 Å². The largest absolute Gasteiger partial charge is 0.450 e. The summed E-state index contributed by atoms with van der Waals surface area (Å²) in [4.78, 5) is 31.6. The zero-order valence-corrected chi connectivity index (χ0v) is 16.6. The number of carbonyl (C=O) groups excluding carboxylic acids is 2. The minimum absolute atomic E-state index is 0.110. The first-order valence-electron chi connectivity index (χ1n) is 10.8. The molecule has 5 aliphatic rings. The molecule has 1 saturated carbocycles. The van der Waals surface area contributed by atoms with Crippen LogP contribution in [0, 0.1) is 17.8 Å². The third kappa shape index (κ3) is 3.19. The Hall–Kier alpha value is -1.38. The van der Waals surface area contributed by atoms with Crippen molar-refractivity contribution in [2.45, 2.75) is 37.9 Å². The van der Waals surface area contributed by atoms with E-state index in [1.165, 1.54) is 0 Å². The first-order chi connectivity index (χ1) is 13.7. The van der Waals surface area contributed by atoms with Gasteiger partial charge >= 0.3 is 6.09 Å². The Balaban J connectivity index is 1.17. The molecule has 5 atom stereocenters. The average Bonchev–Trinajstić information content (AvgIpc) is 3.20. The highest BCUT2D eigenvalue weighted by molar-refractivity contribution is 5.82. The Morgan fingerprint density at radius 3 is 2.21 bits per heavy atom. The van der Waals surface area contributed by atoms with Crippen LogP contribution in [0.2, 0.25) is 0 Å². The molecule has 0 spiro atoms. The highest BCUT2D eigenvalue weighted by atomic mass is 16.6. The standard InChI is InChI=1S/C20H31N3O5/c1-2-28-20(25)23-14-7-13(8-15(23)12-27-11-14)22-9-16-17(10-22)18(16)19(24)21-3-5-26-6-4-21/h13-18H,2-12H2,1H3/t13?,14?,15?,16-,17+,18?. The lowest BCUT2D eigenvalue weighted by atomic mass is 9.89. The minimum Gasteiger partial charge on any atom is -0.450 e. The lowest BCUT2D eigenvalue weighted by Crippen LogP contribution is -2.62. The van der Waals surface area contributed by atoms with Gasteiger partial charge in [-0.15, -0.1) is 0 Å². The summed E-state index contributed by atoms with van der Waals surface area (Å²) in [6, 6.07) is 0.704. The molecule has 2 bridgehead atoms. The predicted molar refractivity (Wildman–Crippen MR) is 99.7 cm³/mol. The first kappa shape index (κ1) is 18.6. The van der Waals surface area contributed by atoms with Crippen molar-refractivity contribution in [1.82, 2.24) is 14.7 Å². The fourth-order valence-corrected chi connectivity index (χ4v) is 5.90. The number of likely N-dealkylation sites (tertiary alicyclic amines) is 1. The summed E-state index contributed by atoms with van der Waals surface area (Å²) in [5.74, 6) is 1.63. The van der Waals surface area contributed by atoms with E-state index < -0.39 is 0 Å². The van der Waals surface area contributed by atoms with E-state index in [1.807, 2.05) is 16.7 Å². The van der Waals surface area contributed by atoms with Crippen LogP contribution in [-0.4, -0.2) is 104 Å². The first-order valence-corrected chi connectivity index (χ1v) is 10.8. The third-order valence-electron chi connectivity index (χ3n) is 7.32. The number of rotatable bonds is 3. The summed E-state index contributed by atoms with van der Waals surface area (Å²) in [6.07, 6.45) is 1.69. The number of hydrogen-bond acceptors (Lipinski definition) is 6. The Bertz CT molecular complexity index is 599. The van der Waals surface area contributed by atoms with Crippen LogP contribution in [0.4, 0.5) is 4.79 Å². The van der Waals surface area contributed by atoms with Gasteiger partial charge in [0, 0.05) is 38.1 Å². The van der Waals surface area contributed by atoms with Crippen molar-refractivity contribution in [3.8, 4) is 0 Å². The van der Waals surface area contributed by atoms with Crippen LogP contribution in [0.25, 0.3) is 0 Å². The summed E-state index contributed by atoms with van der Waals surface area (Å²) in [5, 5.41) is 0. The van der Waals surface area contributed by atoms with Crippen LogP contribution in [0.5, 0.6) is 0 Å². The van der Waals surface area contributed by atoms with Crippen LogP contribution in [-0.2, 0) is 19.0 Å². The number of piperidine rings is 2. The van der Waals surface area contributed by atoms with Crippen LogP contribution >= 0.6 is 0 Å². The van der Waals surface area contributed by atoms with Crippen molar-refractivity contribution in [3.05, 3.63) is 0 Å². The van der Waals surface area contributed by atoms with Crippen molar-refractivity contribution < 1.29 is 23.8 Å². The van der Waals surface area contributed by atoms with Gasteiger partial charge in [-0.05, 0) is 31.6 Å². The fourth-order valence-electron chi connectivity index (χ4n) is 5.90. The van der Waals surface area contributed by atoms with Crippen molar-refractivity contribution in [3.63, 3.8) is 0 Å². The van der Waals surface area contributed by atoms with Crippen LogP contribution < -0.4 is 0 Å². The second-order valence-electron chi connectivity index (χ2n) is 8.82. The molecule has 0 radical (unpaired) electrons. The van der Waals surface area contributed by atoms with E-state index in [0.29, 0.717) is 56.8 Å². The number of hydrogen-bond donors (Lipinski definition) is 0. The van der Waals surface area contributed by atoms with E-state index in [2.05, 4.69) is 4.90 Å². The third-order valence-corrected chi connectivity index (χ3v) is 7.32. The molecular weight excluding hydrogens is 362 g/mol. The summed E-state index contributed by atoms with van der Waals surface area (Å²) in [6.45, 7) is 8.34. The van der Waals surface area contributed by atoms with Crippen LogP contribution in [0.15, 0.2) is 0 Å². The highest BCUT2D eigenvalue weighted by Gasteiger charge is 2.61. The van der Waals surface area contributed by atoms with Crippen LogP contribution in [0.3, 0.4) is 0 Å². The van der Waals surface area contributed by atoms with Gasteiger partial charge in [0.15, 0.2) is 0 Å². The van der Waals surface area contributed by atoms with Crippen molar-refractivity contribution in [2.75, 3.05) is 59.2 Å². The summed E-state index contributed by atoms with van der Waals surface area (Å²) >= 11 is 0. The molecule has 0 N–H and O–H groups in total. The number of ether oxygens (including phenoxy) is 3. The second kappa shape index (κ2) is 7.46. The molecule has 156 valence electrons. The molecule has 2 amide bonds. The molecule has 0 aromatic carbocycles. The van der Waals surface area contributed by atoms with Gasteiger partial charge in [-0.1, -0.05) is 0 Å². The van der Waals surface area contributed by atoms with E-state index in [1.54, 1.807) is 0 Å². The van der Waals surface area contributed by atoms with Gasteiger partial charge in [0.25, 0.3) is 0 Å². The topological polar surface area (TPSA) is 71.5 Å². The molecule has 0 aromatic heterocycles. The molecule has 0 aromatic rings. The van der Waals surface area contributed by atoms with E-state index in [4.69, 9.17) is 14.2 Å². The summed E-state index contributed by atoms with van der Waals surface area (Å²) < 4.78 is 16.4. The summed E-state index contributed by atoms with van der Waals surface area (Å²) in [7, 11) is 0. The van der Waals surface area contributed by atoms with Gasteiger partial charge in [-0.3, -0.25) is 14.6 Å². The predicted octanol–water partition coefficient (Wildman–Crippen LogP) is 0.411. The lowest BCUT2D eigenvalue weighted by Gasteiger charge is -2.49. The zero-order valence-electron chi connectivity index (χ0n) is 16.6. The van der Waals surface area contributed by atoms with E-state index >= 15 is 0 Å². The second-order valence-corrected chi connectivity index (χ2v) is 8.82. The Labute approximate surface area is 166 Å². The van der Waals surface area contributed by atoms with E-state index in [-0.39, 0.29) is 24.1 Å². The van der Waals surface area contributed by atoms with Crippen LogP contribution in [0.1, 0.15) is 19.8 Å². The zero-order chi connectivity index (χ0) is 19.3. The van der Waals surface area contributed by atoms with Gasteiger partial charge in [-0.25, -0.2) is 4.79 Å². The maximum Gasteiger partial charge on any atom is 0.410 e. The summed E-state index contributed by atoms with van der Waals surface area (Å²) in [5.41, 5.74) is 0. The quantitative estimate of drug-likeness (QED) is 0.692. The SMILES string of the molecule is CCOC(=O)N1C2COCC1CC(N1C[C@@H]3C(C(=O)N4CCOCC4)[C@@H]3C1)C2. The molecule has 4 heterocycles. The number of morpholine rings is 2. The number of nitrogens with zero attached hydrogens (tertiary/aromatic N) is 3. The van der Waals surface area contributed by atoms with Gasteiger partial charge in [0.05, 0.1) is 45.1 Å². The molecule has 8 nitrogen and oxygen atoms in total. The van der Waals surface area contributed by atoms with Gasteiger partial charge in [-0.2, -0.15) is 0 Å². The average molecular weight is 393 g/mol. The van der Waals surface area contributed by atoms with Crippen molar-refractivity contribution >= 4 is 12.0 Å². The number of amides is 2. The van der Waals surface area contributed by atoms with Gasteiger partial charge in [0.2, 0.25) is 5.91 Å². The smallest absolute Gasteiger partial charge is 0.410 e. The monoisotopic (exact) mass is 393 g/mol. The highest BCUT2D eigenvalue weighted by Crippen LogP contribution is 2.53. The Kier molecular flexibility index (Phi) is 4.97. The Morgan fingerprint density at radius 1 is 0.964 bits per heavy atom. The Morgan fingerprint density at radius 2 is 1.61 bits per heavy atom. The maximum absolute atomic E-state index is 12.8. The van der Waals surface area contributed by atoms with Crippen molar-refractivity contribution in [1.29, 1.82) is 0 Å². The van der Waals surface area contributed by atoms with Crippen molar-refractivity contribution in [2.24, 2.45) is 17.8 Å². The molecule has 28 heavy (non-hydrogen) atoms. The lowest BCUT2D eigenvalue weighted by molar-refractivity contribution is -0.137. The molecule has 4 aliphatic heterocycles. The normalized spacial score (nSPS) is 40.2. The minimum atomic E-state index is -0.195. The number of carbonyl (C=O) groups is 2. The molecule has 5 fully saturated rings. The number of fused-ring (bicyclic) bond motifs is 3. The molecule has 1 aliphatic carbocycles. The molecule has 5 rings (SSSR count). The van der Waals surface area contributed by atoms with Gasteiger partial charge in [0.1, 0.15) is 0 Å². The van der Waals surface area contributed by atoms with E-state index in [0.717, 1.165) is 39.0 Å². The molecule has 8 heteroatoms.